The van der Waals surface area contributed by atoms with Gasteiger partial charge in [-0.3, -0.25) is 0 Å². The molecule has 0 heterocycles. The van der Waals surface area contributed by atoms with Crippen molar-refractivity contribution in [2.24, 2.45) is 17.3 Å². The minimum Gasteiger partial charge on any atom is -0.393 e. The highest BCUT2D eigenvalue weighted by Crippen LogP contribution is 2.55. The van der Waals surface area contributed by atoms with E-state index in [0.29, 0.717) is 11.8 Å². The highest BCUT2D eigenvalue weighted by molar-refractivity contribution is 14.2. The average Bonchev–Trinajstić information content (AvgIpc) is 2.54. The van der Waals surface area contributed by atoms with Crippen molar-refractivity contribution in [3.8, 4) is 11.2 Å². The van der Waals surface area contributed by atoms with Gasteiger partial charge in [-0.15, -0.1) is 0 Å². The first-order valence-electron chi connectivity index (χ1n) is 5.64. The van der Waals surface area contributed by atoms with Gasteiger partial charge in [0, 0.05) is 27.1 Å². The van der Waals surface area contributed by atoms with Crippen molar-refractivity contribution in [2.75, 3.05) is 0 Å². The Hall–Kier alpha value is 0.600. The predicted molar refractivity (Wildman–Crippen MR) is 73.6 cm³/mol. The van der Waals surface area contributed by atoms with Crippen molar-refractivity contribution >= 4 is 30.1 Å². The second kappa shape index (κ2) is 4.85. The predicted octanol–water partition coefficient (Wildman–Crippen LogP) is 3.61. The molecular weight excluding hydrogens is 319 g/mol. The van der Waals surface area contributed by atoms with E-state index in [1.807, 2.05) is 0 Å². The highest BCUT2D eigenvalue weighted by Gasteiger charge is 2.50. The van der Waals surface area contributed by atoms with E-state index in [-0.39, 0.29) is 11.5 Å². The number of hydrogen-bond acceptors (Lipinski definition) is 2. The maximum Gasteiger partial charge on any atom is 0.0574 e. The Morgan fingerprint density at radius 2 is 2.20 bits per heavy atom. The molecule has 0 amide bonds. The topological polar surface area (TPSA) is 20.2 Å². The molecule has 1 nitrogen and oxygen atoms in total. The summed E-state index contributed by atoms with van der Waals surface area (Å²) >= 11 is 2.22. The van der Waals surface area contributed by atoms with Gasteiger partial charge in [-0.1, -0.05) is 19.3 Å². The van der Waals surface area contributed by atoms with Gasteiger partial charge in [-0.25, -0.2) is 0 Å². The second-order valence-corrected chi connectivity index (χ2v) is 6.70. The molecule has 3 heteroatoms. The van der Waals surface area contributed by atoms with Crippen LogP contribution in [0.1, 0.15) is 39.0 Å². The van der Waals surface area contributed by atoms with Gasteiger partial charge >= 0.3 is 0 Å². The minimum atomic E-state index is -0.0668. The Labute approximate surface area is 108 Å². The molecule has 0 saturated heterocycles. The Balaban J connectivity index is 2.17. The fourth-order valence-corrected chi connectivity index (χ4v) is 4.05. The summed E-state index contributed by atoms with van der Waals surface area (Å²) in [6.45, 7) is 2.34. The Bertz CT molecular complexity index is 296. The molecule has 0 radical (unpaired) electrons. The molecule has 2 rings (SSSR count). The molecule has 4 atom stereocenters. The first-order valence-corrected chi connectivity index (χ1v) is 9.00. The third-order valence-electron chi connectivity index (χ3n) is 4.36. The number of fused-ring (bicyclic) bond motifs is 1. The lowest BCUT2D eigenvalue weighted by Gasteiger charge is -2.41. The zero-order chi connectivity index (χ0) is 10.9. The van der Waals surface area contributed by atoms with Crippen LogP contribution >= 0.6 is 30.1 Å². The van der Waals surface area contributed by atoms with Crippen molar-refractivity contribution in [3.05, 3.63) is 0 Å². The zero-order valence-corrected chi connectivity index (χ0v) is 12.0. The van der Waals surface area contributed by atoms with E-state index >= 15 is 0 Å². The lowest BCUT2D eigenvalue weighted by Crippen LogP contribution is -2.39. The normalized spacial score (nSPS) is 44.3. The molecule has 4 unspecified atom stereocenters. The molecule has 0 aromatic heterocycles. The molecule has 2 aliphatic carbocycles. The van der Waals surface area contributed by atoms with E-state index in [1.54, 1.807) is 8.93 Å². The summed E-state index contributed by atoms with van der Waals surface area (Å²) in [6.07, 6.45) is 5.71. The van der Waals surface area contributed by atoms with Gasteiger partial charge in [0.1, 0.15) is 0 Å². The maximum atomic E-state index is 10.0. The second-order valence-electron chi connectivity index (χ2n) is 5.03. The third-order valence-corrected chi connectivity index (χ3v) is 5.22. The molecule has 0 bridgehead atoms. The molecule has 1 N–H and O–H groups in total. The number of aliphatic hydroxyl groups is 1. The fourth-order valence-electron chi connectivity index (χ4n) is 3.48. The standard InChI is InChI=1S/C12H17IOS/c1-12-7-2-3-11(14)10(12)5-4-9(12)6-8-15-13/h9-11,14H,2-5,7H2,1H3. The molecule has 2 aliphatic rings. The van der Waals surface area contributed by atoms with Crippen LogP contribution in [0.2, 0.25) is 0 Å². The molecule has 0 aromatic carbocycles. The first-order chi connectivity index (χ1) is 7.18. The van der Waals surface area contributed by atoms with Crippen molar-refractivity contribution < 1.29 is 5.11 Å². The Morgan fingerprint density at radius 1 is 1.40 bits per heavy atom. The van der Waals surface area contributed by atoms with Crippen LogP contribution in [0.3, 0.4) is 0 Å². The summed E-state index contributed by atoms with van der Waals surface area (Å²) in [5.74, 6) is 4.40. The SMILES string of the molecule is CC12CCCC(O)C1CCC2C#CSI. The molecule has 2 fully saturated rings. The fraction of sp³-hybridized carbons (Fsp3) is 0.833. The molecule has 0 aromatic rings. The van der Waals surface area contributed by atoms with Crippen molar-refractivity contribution in [2.45, 2.75) is 45.1 Å². The molecular formula is C12H17IOS. The quantitative estimate of drug-likeness (QED) is 0.539. The summed E-state index contributed by atoms with van der Waals surface area (Å²) in [5, 5.41) is 13.2. The van der Waals surface area contributed by atoms with Gasteiger partial charge in [0.05, 0.1) is 6.10 Å². The maximum absolute atomic E-state index is 10.0. The molecule has 15 heavy (non-hydrogen) atoms. The average molecular weight is 336 g/mol. The molecule has 84 valence electrons. The van der Waals surface area contributed by atoms with Crippen LogP contribution in [-0.2, 0) is 0 Å². The summed E-state index contributed by atoms with van der Waals surface area (Å²) in [5.41, 5.74) is 0.289. The van der Waals surface area contributed by atoms with E-state index in [4.69, 9.17) is 0 Å². The first kappa shape index (κ1) is 12.1. The molecule has 0 aliphatic heterocycles. The van der Waals surface area contributed by atoms with Gasteiger partial charge in [0.15, 0.2) is 0 Å². The van der Waals surface area contributed by atoms with E-state index in [1.165, 1.54) is 25.7 Å². The smallest absolute Gasteiger partial charge is 0.0574 e. The van der Waals surface area contributed by atoms with E-state index in [2.05, 4.69) is 39.3 Å². The Kier molecular flexibility index (Phi) is 3.90. The van der Waals surface area contributed by atoms with Crippen molar-refractivity contribution in [1.82, 2.24) is 0 Å². The Morgan fingerprint density at radius 3 is 2.93 bits per heavy atom. The van der Waals surface area contributed by atoms with Crippen LogP contribution in [0.15, 0.2) is 0 Å². The summed E-state index contributed by atoms with van der Waals surface area (Å²) < 4.78 is 0. The van der Waals surface area contributed by atoms with Gasteiger partial charge < -0.3 is 5.11 Å². The molecule has 0 spiro atoms. The molecule has 2 saturated carbocycles. The monoisotopic (exact) mass is 336 g/mol. The third kappa shape index (κ3) is 2.18. The van der Waals surface area contributed by atoms with Gasteiger partial charge in [-0.2, -0.15) is 0 Å². The lowest BCUT2D eigenvalue weighted by atomic mass is 9.64. The number of aliphatic hydroxyl groups excluding tert-OH is 1. The number of halogens is 1. The number of hydrogen-bond donors (Lipinski definition) is 1. The summed E-state index contributed by atoms with van der Waals surface area (Å²) in [7, 11) is 1.57. The van der Waals surface area contributed by atoms with E-state index in [0.717, 1.165) is 6.42 Å². The van der Waals surface area contributed by atoms with E-state index < -0.39 is 0 Å². The van der Waals surface area contributed by atoms with Gasteiger partial charge in [0.2, 0.25) is 0 Å². The minimum absolute atomic E-state index is 0.0668. The number of rotatable bonds is 0. The van der Waals surface area contributed by atoms with Crippen LogP contribution in [0.5, 0.6) is 0 Å². The zero-order valence-electron chi connectivity index (χ0n) is 9.00. The summed E-state index contributed by atoms with van der Waals surface area (Å²) in [4.78, 5) is 0. The summed E-state index contributed by atoms with van der Waals surface area (Å²) in [6, 6.07) is 0. The van der Waals surface area contributed by atoms with Crippen LogP contribution < -0.4 is 0 Å². The lowest BCUT2D eigenvalue weighted by molar-refractivity contribution is -0.00792. The van der Waals surface area contributed by atoms with Crippen LogP contribution in [0.4, 0.5) is 0 Å². The van der Waals surface area contributed by atoms with Crippen LogP contribution in [-0.4, -0.2) is 11.2 Å². The van der Waals surface area contributed by atoms with Crippen molar-refractivity contribution in [1.29, 1.82) is 0 Å². The van der Waals surface area contributed by atoms with Gasteiger partial charge in [-0.05, 0) is 51.2 Å². The van der Waals surface area contributed by atoms with Crippen molar-refractivity contribution in [3.63, 3.8) is 0 Å². The van der Waals surface area contributed by atoms with Crippen LogP contribution in [0.25, 0.3) is 0 Å². The van der Waals surface area contributed by atoms with Crippen LogP contribution in [0, 0.1) is 28.4 Å². The highest BCUT2D eigenvalue weighted by atomic mass is 127. The largest absolute Gasteiger partial charge is 0.393 e. The van der Waals surface area contributed by atoms with Gasteiger partial charge in [0.25, 0.3) is 0 Å². The van der Waals surface area contributed by atoms with E-state index in [9.17, 15) is 5.11 Å².